The van der Waals surface area contributed by atoms with E-state index in [1.165, 1.54) is 23.4 Å². The van der Waals surface area contributed by atoms with Gasteiger partial charge in [0, 0.05) is 25.1 Å². The fourth-order valence-corrected chi connectivity index (χ4v) is 4.55. The largest absolute Gasteiger partial charge is 0.418 e. The van der Waals surface area contributed by atoms with Crippen molar-refractivity contribution < 1.29 is 18.0 Å². The molecule has 1 aromatic carbocycles. The van der Waals surface area contributed by atoms with Crippen LogP contribution in [0, 0.1) is 0 Å². The number of aryl methyl sites for hydroxylation is 1. The molecule has 2 unspecified atom stereocenters. The number of carbonyl (C=O) groups excluding carboxylic acids is 1. The van der Waals surface area contributed by atoms with E-state index in [4.69, 9.17) is 0 Å². The van der Waals surface area contributed by atoms with E-state index in [9.17, 15) is 18.0 Å². The van der Waals surface area contributed by atoms with Gasteiger partial charge in [0.1, 0.15) is 0 Å². The molecule has 2 aromatic rings. The van der Waals surface area contributed by atoms with Crippen LogP contribution in [-0.4, -0.2) is 10.5 Å². The average Bonchev–Trinajstić information content (AvgIpc) is 3.18. The maximum absolute atomic E-state index is 13.2. The molecule has 25 heavy (non-hydrogen) atoms. The Morgan fingerprint density at radius 3 is 2.80 bits per heavy atom. The first kappa shape index (κ1) is 16.2. The minimum absolute atomic E-state index is 0.130. The number of hydrogen-bond acceptors (Lipinski definition) is 1. The molecule has 1 aromatic heterocycles. The summed E-state index contributed by atoms with van der Waals surface area (Å²) in [5, 5.41) is 2.73. The minimum Gasteiger partial charge on any atom is -0.356 e. The summed E-state index contributed by atoms with van der Waals surface area (Å²) in [5.74, 6) is -0.330. The molecule has 2 aliphatic rings. The van der Waals surface area contributed by atoms with Crippen LogP contribution in [-0.2, 0) is 18.6 Å². The third-order valence-electron chi connectivity index (χ3n) is 5.66. The predicted molar refractivity (Wildman–Crippen MR) is 88.8 cm³/mol. The highest BCUT2D eigenvalue weighted by molar-refractivity contribution is 6.06. The smallest absolute Gasteiger partial charge is 0.356 e. The van der Waals surface area contributed by atoms with E-state index in [2.05, 4.69) is 18.3 Å². The van der Waals surface area contributed by atoms with Gasteiger partial charge in [-0.2, -0.15) is 13.2 Å². The SMILES string of the molecule is Cn1cc(C(=O)Nc2cccc3c2C2CCC3(C)C2)c(C(F)(F)F)c1. The van der Waals surface area contributed by atoms with Crippen molar-refractivity contribution in [2.45, 2.75) is 43.7 Å². The first-order valence-corrected chi connectivity index (χ1v) is 8.37. The molecule has 2 atom stereocenters. The molecule has 1 N–H and O–H groups in total. The third kappa shape index (κ3) is 2.46. The lowest BCUT2D eigenvalue weighted by Crippen LogP contribution is -2.20. The molecule has 6 heteroatoms. The Morgan fingerprint density at radius 2 is 2.08 bits per heavy atom. The van der Waals surface area contributed by atoms with Crippen LogP contribution in [0.25, 0.3) is 0 Å². The molecular weight excluding hydrogens is 329 g/mol. The number of carbonyl (C=O) groups is 1. The Labute approximate surface area is 143 Å². The molecular formula is C19H19F3N2O. The van der Waals surface area contributed by atoms with Crippen LogP contribution in [0.2, 0.25) is 0 Å². The second-order valence-corrected chi connectivity index (χ2v) is 7.47. The van der Waals surface area contributed by atoms with Gasteiger partial charge in [-0.1, -0.05) is 19.1 Å². The molecule has 1 amide bonds. The number of amides is 1. The Kier molecular flexibility index (Phi) is 3.33. The zero-order chi connectivity index (χ0) is 18.0. The summed E-state index contributed by atoms with van der Waals surface area (Å²) in [6, 6.07) is 5.74. The van der Waals surface area contributed by atoms with Gasteiger partial charge in [-0.15, -0.1) is 0 Å². The first-order chi connectivity index (χ1) is 11.7. The highest BCUT2D eigenvalue weighted by Crippen LogP contribution is 2.58. The Bertz CT molecular complexity index is 868. The number of aromatic nitrogens is 1. The molecule has 2 bridgehead atoms. The molecule has 3 nitrogen and oxygen atoms in total. The predicted octanol–water partition coefficient (Wildman–Crippen LogP) is 4.84. The zero-order valence-corrected chi connectivity index (χ0v) is 14.1. The number of anilines is 1. The van der Waals surface area contributed by atoms with Crippen molar-refractivity contribution in [2.75, 3.05) is 5.32 Å². The molecule has 0 aliphatic heterocycles. The molecule has 1 fully saturated rings. The van der Waals surface area contributed by atoms with E-state index in [1.807, 2.05) is 6.07 Å². The van der Waals surface area contributed by atoms with Gasteiger partial charge in [0.2, 0.25) is 0 Å². The van der Waals surface area contributed by atoms with Gasteiger partial charge < -0.3 is 9.88 Å². The molecule has 1 saturated carbocycles. The molecule has 0 radical (unpaired) electrons. The van der Waals surface area contributed by atoms with Crippen molar-refractivity contribution in [2.24, 2.45) is 7.05 Å². The van der Waals surface area contributed by atoms with Gasteiger partial charge in [-0.25, -0.2) is 0 Å². The van der Waals surface area contributed by atoms with Gasteiger partial charge in [0.15, 0.2) is 0 Å². The summed E-state index contributed by atoms with van der Waals surface area (Å²) in [6.45, 7) is 2.23. The first-order valence-electron chi connectivity index (χ1n) is 8.37. The van der Waals surface area contributed by atoms with Crippen LogP contribution in [0.3, 0.4) is 0 Å². The molecule has 4 rings (SSSR count). The second-order valence-electron chi connectivity index (χ2n) is 7.47. The van der Waals surface area contributed by atoms with Gasteiger partial charge >= 0.3 is 6.18 Å². The summed E-state index contributed by atoms with van der Waals surface area (Å²) in [6.07, 6.45) is 0.837. The van der Waals surface area contributed by atoms with Crippen LogP contribution in [0.4, 0.5) is 18.9 Å². The number of hydrogen-bond donors (Lipinski definition) is 1. The van der Waals surface area contributed by atoms with Gasteiger partial charge in [0.05, 0.1) is 11.1 Å². The highest BCUT2D eigenvalue weighted by Gasteiger charge is 2.47. The van der Waals surface area contributed by atoms with Gasteiger partial charge in [0.25, 0.3) is 5.91 Å². The van der Waals surface area contributed by atoms with Crippen LogP contribution >= 0.6 is 0 Å². The molecule has 2 aliphatic carbocycles. The zero-order valence-electron chi connectivity index (χ0n) is 14.1. The quantitative estimate of drug-likeness (QED) is 0.828. The van der Waals surface area contributed by atoms with Crippen molar-refractivity contribution in [3.05, 3.63) is 52.8 Å². The maximum Gasteiger partial charge on any atom is 0.418 e. The van der Waals surface area contributed by atoms with Crippen LogP contribution in [0.1, 0.15) is 59.2 Å². The number of nitrogens with zero attached hydrogens (tertiary/aromatic N) is 1. The normalized spacial score (nSPS) is 24.4. The van der Waals surface area contributed by atoms with E-state index < -0.39 is 17.6 Å². The van der Waals surface area contributed by atoms with Crippen molar-refractivity contribution in [3.63, 3.8) is 0 Å². The third-order valence-corrected chi connectivity index (χ3v) is 5.66. The number of benzene rings is 1. The number of nitrogens with one attached hydrogen (secondary N) is 1. The fourth-order valence-electron chi connectivity index (χ4n) is 4.55. The summed E-state index contributed by atoms with van der Waals surface area (Å²) in [5.41, 5.74) is 1.85. The van der Waals surface area contributed by atoms with E-state index in [0.717, 1.165) is 31.0 Å². The van der Waals surface area contributed by atoms with Crippen LogP contribution in [0.5, 0.6) is 0 Å². The van der Waals surface area contributed by atoms with E-state index in [1.54, 1.807) is 6.07 Å². The second kappa shape index (κ2) is 5.13. The molecule has 0 spiro atoms. The minimum atomic E-state index is -4.56. The van der Waals surface area contributed by atoms with E-state index in [-0.39, 0.29) is 11.0 Å². The molecule has 0 saturated heterocycles. The summed E-state index contributed by atoms with van der Waals surface area (Å²) < 4.78 is 40.7. The standard InChI is InChI=1S/C19H19F3N2O/c1-18-7-6-11(8-18)16-13(18)4-3-5-15(16)23-17(25)12-9-24(2)10-14(12)19(20,21)22/h3-5,9-11H,6-8H2,1-2H3,(H,23,25). The molecule has 132 valence electrons. The lowest BCUT2D eigenvalue weighted by atomic mass is 9.81. The van der Waals surface area contributed by atoms with E-state index in [0.29, 0.717) is 11.6 Å². The Balaban J connectivity index is 1.70. The van der Waals surface area contributed by atoms with Crippen molar-refractivity contribution in [3.8, 4) is 0 Å². The van der Waals surface area contributed by atoms with Crippen molar-refractivity contribution in [1.82, 2.24) is 4.57 Å². The number of alkyl halides is 3. The molecule has 1 heterocycles. The fraction of sp³-hybridized carbons (Fsp3) is 0.421. The number of halogens is 3. The topological polar surface area (TPSA) is 34.0 Å². The van der Waals surface area contributed by atoms with Crippen molar-refractivity contribution >= 4 is 11.6 Å². The summed E-state index contributed by atoms with van der Waals surface area (Å²) >= 11 is 0. The summed E-state index contributed by atoms with van der Waals surface area (Å²) in [7, 11) is 1.48. The number of rotatable bonds is 2. The Morgan fingerprint density at radius 1 is 1.32 bits per heavy atom. The van der Waals surface area contributed by atoms with Crippen LogP contribution in [0.15, 0.2) is 30.6 Å². The lowest BCUT2D eigenvalue weighted by Gasteiger charge is -2.25. The highest BCUT2D eigenvalue weighted by atomic mass is 19.4. The maximum atomic E-state index is 13.2. The van der Waals surface area contributed by atoms with Gasteiger partial charge in [-0.05, 0) is 47.8 Å². The van der Waals surface area contributed by atoms with Crippen LogP contribution < -0.4 is 5.32 Å². The Hall–Kier alpha value is -2.24. The summed E-state index contributed by atoms with van der Waals surface area (Å²) in [4.78, 5) is 12.6. The average molecular weight is 348 g/mol. The van der Waals surface area contributed by atoms with Crippen molar-refractivity contribution in [1.29, 1.82) is 0 Å². The monoisotopic (exact) mass is 348 g/mol. The van der Waals surface area contributed by atoms with Gasteiger partial charge in [-0.3, -0.25) is 4.79 Å². The number of fused-ring (bicyclic) bond motifs is 5. The van der Waals surface area contributed by atoms with E-state index >= 15 is 0 Å². The lowest BCUT2D eigenvalue weighted by molar-refractivity contribution is -0.137.